The van der Waals surface area contributed by atoms with E-state index >= 15 is 0 Å². The molecule has 1 atom stereocenters. The number of fused-ring (bicyclic) bond motifs is 1. The van der Waals surface area contributed by atoms with Crippen LogP contribution in [0.2, 0.25) is 0 Å². The minimum absolute atomic E-state index is 0.121. The van der Waals surface area contributed by atoms with Gasteiger partial charge in [-0.05, 0) is 30.9 Å². The number of hydrogen-bond acceptors (Lipinski definition) is 2. The first kappa shape index (κ1) is 12.2. The maximum atomic E-state index is 12.6. The van der Waals surface area contributed by atoms with E-state index in [1.54, 1.807) is 6.20 Å². The number of carbonyl (C=O) groups excluding carboxylic acids is 1. The van der Waals surface area contributed by atoms with Gasteiger partial charge in [0.15, 0.2) is 0 Å². The van der Waals surface area contributed by atoms with Crippen molar-refractivity contribution in [2.45, 2.75) is 19.8 Å². The summed E-state index contributed by atoms with van der Waals surface area (Å²) in [5, 5.41) is 1.03. The molecule has 0 radical (unpaired) electrons. The number of piperidine rings is 1. The lowest BCUT2D eigenvalue weighted by Gasteiger charge is -2.31. The van der Waals surface area contributed by atoms with Gasteiger partial charge in [0.1, 0.15) is 0 Å². The number of amides is 1. The van der Waals surface area contributed by atoms with Gasteiger partial charge < -0.3 is 4.90 Å². The highest BCUT2D eigenvalue weighted by Crippen LogP contribution is 2.21. The number of likely N-dealkylation sites (tertiary alicyclic amines) is 1. The van der Waals surface area contributed by atoms with Gasteiger partial charge in [-0.3, -0.25) is 9.78 Å². The van der Waals surface area contributed by atoms with Crippen LogP contribution in [0.15, 0.2) is 36.5 Å². The Morgan fingerprint density at radius 1 is 1.32 bits per heavy atom. The predicted molar refractivity (Wildman–Crippen MR) is 76.0 cm³/mol. The topological polar surface area (TPSA) is 33.2 Å². The first-order chi connectivity index (χ1) is 9.25. The van der Waals surface area contributed by atoms with Crippen molar-refractivity contribution in [1.82, 2.24) is 9.88 Å². The first-order valence-corrected chi connectivity index (χ1v) is 6.89. The summed E-state index contributed by atoms with van der Waals surface area (Å²) in [5.41, 5.74) is 1.54. The van der Waals surface area contributed by atoms with Crippen LogP contribution in [0, 0.1) is 5.92 Å². The average Bonchev–Trinajstić information content (AvgIpc) is 2.46. The number of rotatable bonds is 1. The molecule has 1 aliphatic rings. The second-order valence-corrected chi connectivity index (χ2v) is 5.38. The molecule has 1 saturated heterocycles. The van der Waals surface area contributed by atoms with Crippen molar-refractivity contribution in [2.75, 3.05) is 13.1 Å². The molecule has 1 aromatic carbocycles. The summed E-state index contributed by atoms with van der Waals surface area (Å²) < 4.78 is 0. The van der Waals surface area contributed by atoms with E-state index in [1.165, 1.54) is 6.42 Å². The Morgan fingerprint density at radius 2 is 2.16 bits per heavy atom. The van der Waals surface area contributed by atoms with E-state index in [4.69, 9.17) is 0 Å². The molecule has 1 unspecified atom stereocenters. The van der Waals surface area contributed by atoms with Crippen LogP contribution >= 0.6 is 0 Å². The first-order valence-electron chi connectivity index (χ1n) is 6.89. The maximum absolute atomic E-state index is 12.6. The molecule has 0 spiro atoms. The van der Waals surface area contributed by atoms with Gasteiger partial charge in [0, 0.05) is 24.7 Å². The fraction of sp³-hybridized carbons (Fsp3) is 0.375. The van der Waals surface area contributed by atoms with Crippen molar-refractivity contribution in [3.63, 3.8) is 0 Å². The number of aromatic nitrogens is 1. The van der Waals surface area contributed by atoms with Crippen LogP contribution in [-0.2, 0) is 0 Å². The third kappa shape index (κ3) is 2.33. The molecule has 2 heterocycles. The third-order valence-corrected chi connectivity index (χ3v) is 3.81. The molecular weight excluding hydrogens is 236 g/mol. The lowest BCUT2D eigenvalue weighted by Crippen LogP contribution is -2.39. The Morgan fingerprint density at radius 3 is 3.00 bits per heavy atom. The molecular formula is C16H18N2O. The van der Waals surface area contributed by atoms with Crippen molar-refractivity contribution in [2.24, 2.45) is 5.92 Å². The van der Waals surface area contributed by atoms with Gasteiger partial charge in [0.05, 0.1) is 11.1 Å². The van der Waals surface area contributed by atoms with E-state index < -0.39 is 0 Å². The van der Waals surface area contributed by atoms with Crippen LogP contribution in [0.3, 0.4) is 0 Å². The predicted octanol–water partition coefficient (Wildman–Crippen LogP) is 3.11. The number of carbonyl (C=O) groups is 1. The van der Waals surface area contributed by atoms with Gasteiger partial charge in [0.2, 0.25) is 0 Å². The summed E-state index contributed by atoms with van der Waals surface area (Å²) in [7, 11) is 0. The minimum atomic E-state index is 0.121. The molecule has 1 aromatic heterocycles. The Kier molecular flexibility index (Phi) is 3.20. The molecule has 19 heavy (non-hydrogen) atoms. The van der Waals surface area contributed by atoms with E-state index in [0.29, 0.717) is 5.92 Å². The van der Waals surface area contributed by atoms with Gasteiger partial charge in [-0.1, -0.05) is 25.1 Å². The van der Waals surface area contributed by atoms with Crippen LogP contribution in [0.4, 0.5) is 0 Å². The number of hydrogen-bond donors (Lipinski definition) is 0. The van der Waals surface area contributed by atoms with Crippen molar-refractivity contribution in [3.8, 4) is 0 Å². The number of benzene rings is 1. The molecule has 3 rings (SSSR count). The molecule has 1 aliphatic heterocycles. The molecule has 3 nitrogen and oxygen atoms in total. The molecule has 0 saturated carbocycles. The van der Waals surface area contributed by atoms with E-state index in [2.05, 4.69) is 11.9 Å². The Labute approximate surface area is 113 Å². The summed E-state index contributed by atoms with van der Waals surface area (Å²) in [6.45, 7) is 3.94. The van der Waals surface area contributed by atoms with E-state index in [1.807, 2.05) is 35.2 Å². The van der Waals surface area contributed by atoms with Gasteiger partial charge in [0.25, 0.3) is 5.91 Å². The van der Waals surface area contributed by atoms with Crippen molar-refractivity contribution in [3.05, 3.63) is 42.1 Å². The van der Waals surface area contributed by atoms with Crippen molar-refractivity contribution < 1.29 is 4.79 Å². The fourth-order valence-corrected chi connectivity index (χ4v) is 2.82. The zero-order valence-corrected chi connectivity index (χ0v) is 11.2. The van der Waals surface area contributed by atoms with Crippen molar-refractivity contribution in [1.29, 1.82) is 0 Å². The summed E-state index contributed by atoms with van der Waals surface area (Å²) in [5.74, 6) is 0.719. The summed E-state index contributed by atoms with van der Waals surface area (Å²) in [6, 6.07) is 9.72. The van der Waals surface area contributed by atoms with E-state index in [-0.39, 0.29) is 5.91 Å². The summed E-state index contributed by atoms with van der Waals surface area (Å²) >= 11 is 0. The van der Waals surface area contributed by atoms with Crippen LogP contribution < -0.4 is 0 Å². The SMILES string of the molecule is CC1CCCN(C(=O)c2cccc3cccnc23)C1. The minimum Gasteiger partial charge on any atom is -0.338 e. The molecule has 3 heteroatoms. The van der Waals surface area contributed by atoms with E-state index in [9.17, 15) is 4.79 Å². The fourth-order valence-electron chi connectivity index (χ4n) is 2.82. The molecule has 0 N–H and O–H groups in total. The summed E-state index contributed by atoms with van der Waals surface area (Å²) in [6.07, 6.45) is 4.07. The molecule has 1 fully saturated rings. The van der Waals surface area contributed by atoms with Crippen molar-refractivity contribution >= 4 is 16.8 Å². The normalized spacial score (nSPS) is 19.6. The van der Waals surface area contributed by atoms with Gasteiger partial charge in [-0.15, -0.1) is 0 Å². The lowest BCUT2D eigenvalue weighted by molar-refractivity contribution is 0.0685. The summed E-state index contributed by atoms with van der Waals surface area (Å²) in [4.78, 5) is 19.0. The Balaban J connectivity index is 1.97. The molecule has 1 amide bonds. The van der Waals surface area contributed by atoms with Crippen LogP contribution in [0.1, 0.15) is 30.1 Å². The second-order valence-electron chi connectivity index (χ2n) is 5.38. The van der Waals surface area contributed by atoms with Crippen LogP contribution in [-0.4, -0.2) is 28.9 Å². The zero-order chi connectivity index (χ0) is 13.2. The van der Waals surface area contributed by atoms with Gasteiger partial charge >= 0.3 is 0 Å². The highest BCUT2D eigenvalue weighted by molar-refractivity contribution is 6.05. The standard InChI is InChI=1S/C16H18N2O/c1-12-5-4-10-18(11-12)16(19)14-8-2-6-13-7-3-9-17-15(13)14/h2-3,6-9,12H,4-5,10-11H2,1H3. The highest BCUT2D eigenvalue weighted by atomic mass is 16.2. The molecule has 2 aromatic rings. The van der Waals surface area contributed by atoms with Gasteiger partial charge in [-0.2, -0.15) is 0 Å². The molecule has 0 bridgehead atoms. The molecule has 0 aliphatic carbocycles. The quantitative estimate of drug-likeness (QED) is 0.783. The number of nitrogens with zero attached hydrogens (tertiary/aromatic N) is 2. The van der Waals surface area contributed by atoms with Crippen LogP contribution in [0.5, 0.6) is 0 Å². The molecule has 98 valence electrons. The number of para-hydroxylation sites is 1. The number of pyridine rings is 1. The maximum Gasteiger partial charge on any atom is 0.256 e. The van der Waals surface area contributed by atoms with E-state index in [0.717, 1.165) is 36.0 Å². The smallest absolute Gasteiger partial charge is 0.256 e. The zero-order valence-electron chi connectivity index (χ0n) is 11.2. The monoisotopic (exact) mass is 254 g/mol. The Bertz CT molecular complexity index is 603. The third-order valence-electron chi connectivity index (χ3n) is 3.81. The lowest BCUT2D eigenvalue weighted by atomic mass is 9.99. The largest absolute Gasteiger partial charge is 0.338 e. The second kappa shape index (κ2) is 5.00. The highest BCUT2D eigenvalue weighted by Gasteiger charge is 2.23. The van der Waals surface area contributed by atoms with Crippen LogP contribution in [0.25, 0.3) is 10.9 Å². The van der Waals surface area contributed by atoms with Gasteiger partial charge in [-0.25, -0.2) is 0 Å². The Hall–Kier alpha value is -1.90. The average molecular weight is 254 g/mol.